The number of hydrogen-bond donors (Lipinski definition) is 2. The van der Waals surface area contributed by atoms with Gasteiger partial charge in [0.05, 0.1) is 16.6 Å². The van der Waals surface area contributed by atoms with Gasteiger partial charge in [0.2, 0.25) is 0 Å². The number of rotatable bonds is 2. The summed E-state index contributed by atoms with van der Waals surface area (Å²) in [5, 5.41) is 11.8. The molecule has 0 spiro atoms. The standard InChI is InChI=1S/C13H15ClFN3O2/c14-8-4-3-5-9(15)11(8)13(19)18-7-2-1-6-10(18)12(16)17-20/h3-5,10,20H,1-2,6-7H2,(H2,16,17). The Morgan fingerprint density at radius 1 is 1.50 bits per heavy atom. The number of piperidine rings is 1. The van der Waals surface area contributed by atoms with Crippen LogP contribution >= 0.6 is 11.6 Å². The van der Waals surface area contributed by atoms with E-state index < -0.39 is 17.8 Å². The maximum absolute atomic E-state index is 13.8. The predicted molar refractivity (Wildman–Crippen MR) is 73.5 cm³/mol. The Balaban J connectivity index is 2.35. The number of carbonyl (C=O) groups excluding carboxylic acids is 1. The summed E-state index contributed by atoms with van der Waals surface area (Å²) < 4.78 is 13.8. The molecular formula is C13H15ClFN3O2. The Kier molecular flexibility index (Phi) is 4.44. The molecule has 0 aliphatic carbocycles. The van der Waals surface area contributed by atoms with E-state index in [2.05, 4.69) is 5.16 Å². The van der Waals surface area contributed by atoms with Crippen LogP contribution in [0.4, 0.5) is 4.39 Å². The van der Waals surface area contributed by atoms with E-state index in [1.807, 2.05) is 0 Å². The van der Waals surface area contributed by atoms with Gasteiger partial charge in [-0.25, -0.2) is 4.39 Å². The van der Waals surface area contributed by atoms with E-state index in [1.165, 1.54) is 23.1 Å². The first kappa shape index (κ1) is 14.6. The molecule has 20 heavy (non-hydrogen) atoms. The number of amidine groups is 1. The van der Waals surface area contributed by atoms with Gasteiger partial charge in [0.25, 0.3) is 5.91 Å². The number of carbonyl (C=O) groups is 1. The fourth-order valence-corrected chi connectivity index (χ4v) is 2.64. The Morgan fingerprint density at radius 3 is 2.90 bits per heavy atom. The molecule has 1 aliphatic heterocycles. The highest BCUT2D eigenvalue weighted by Gasteiger charge is 2.32. The number of oxime groups is 1. The van der Waals surface area contributed by atoms with E-state index in [9.17, 15) is 9.18 Å². The number of hydrogen-bond acceptors (Lipinski definition) is 3. The van der Waals surface area contributed by atoms with Gasteiger partial charge in [0.1, 0.15) is 5.82 Å². The summed E-state index contributed by atoms with van der Waals surface area (Å²) in [5.41, 5.74) is 5.44. The fraction of sp³-hybridized carbons (Fsp3) is 0.385. The van der Waals surface area contributed by atoms with Crippen molar-refractivity contribution in [2.75, 3.05) is 6.54 Å². The van der Waals surface area contributed by atoms with Crippen LogP contribution in [-0.2, 0) is 0 Å². The summed E-state index contributed by atoms with van der Waals surface area (Å²) in [6, 6.07) is 3.55. The second kappa shape index (κ2) is 6.09. The number of benzene rings is 1. The highest BCUT2D eigenvalue weighted by Crippen LogP contribution is 2.25. The van der Waals surface area contributed by atoms with Gasteiger partial charge in [-0.3, -0.25) is 4.79 Å². The molecule has 1 fully saturated rings. The lowest BCUT2D eigenvalue weighted by atomic mass is 10.00. The van der Waals surface area contributed by atoms with Gasteiger partial charge < -0.3 is 15.8 Å². The molecule has 1 unspecified atom stereocenters. The molecule has 7 heteroatoms. The van der Waals surface area contributed by atoms with Crippen molar-refractivity contribution in [1.29, 1.82) is 0 Å². The van der Waals surface area contributed by atoms with Crippen molar-refractivity contribution in [2.24, 2.45) is 10.9 Å². The van der Waals surface area contributed by atoms with Crippen molar-refractivity contribution in [3.8, 4) is 0 Å². The Morgan fingerprint density at radius 2 is 2.25 bits per heavy atom. The minimum atomic E-state index is -0.675. The molecule has 1 aromatic rings. The lowest BCUT2D eigenvalue weighted by Crippen LogP contribution is -2.50. The molecule has 108 valence electrons. The first-order valence-electron chi connectivity index (χ1n) is 6.28. The molecule has 1 heterocycles. The summed E-state index contributed by atoms with van der Waals surface area (Å²) in [6.07, 6.45) is 2.22. The van der Waals surface area contributed by atoms with Gasteiger partial charge in [0, 0.05) is 6.54 Å². The van der Waals surface area contributed by atoms with Crippen molar-refractivity contribution in [1.82, 2.24) is 4.90 Å². The van der Waals surface area contributed by atoms with E-state index in [0.29, 0.717) is 13.0 Å². The van der Waals surface area contributed by atoms with E-state index in [0.717, 1.165) is 12.8 Å². The second-order valence-electron chi connectivity index (χ2n) is 4.63. The zero-order chi connectivity index (χ0) is 14.7. The van der Waals surface area contributed by atoms with Gasteiger partial charge in [-0.05, 0) is 31.4 Å². The summed E-state index contributed by atoms with van der Waals surface area (Å²) in [7, 11) is 0. The lowest BCUT2D eigenvalue weighted by molar-refractivity contribution is 0.0672. The first-order valence-corrected chi connectivity index (χ1v) is 6.66. The van der Waals surface area contributed by atoms with Gasteiger partial charge in [-0.15, -0.1) is 0 Å². The molecule has 0 radical (unpaired) electrons. The zero-order valence-corrected chi connectivity index (χ0v) is 11.5. The Labute approximate surface area is 120 Å². The minimum absolute atomic E-state index is 0.0505. The predicted octanol–water partition coefficient (Wildman–Crippen LogP) is 2.22. The Hall–Kier alpha value is -1.82. The zero-order valence-electron chi connectivity index (χ0n) is 10.7. The van der Waals surface area contributed by atoms with E-state index in [4.69, 9.17) is 22.5 Å². The third kappa shape index (κ3) is 2.70. The first-order chi connectivity index (χ1) is 9.56. The fourth-order valence-electron chi connectivity index (χ4n) is 2.39. The molecular weight excluding hydrogens is 285 g/mol. The topological polar surface area (TPSA) is 78.9 Å². The lowest BCUT2D eigenvalue weighted by Gasteiger charge is -2.35. The van der Waals surface area contributed by atoms with E-state index in [1.54, 1.807) is 0 Å². The van der Waals surface area contributed by atoms with Crippen molar-refractivity contribution < 1.29 is 14.4 Å². The number of nitrogens with two attached hydrogens (primary N) is 1. The van der Waals surface area contributed by atoms with Gasteiger partial charge in [-0.2, -0.15) is 0 Å². The number of nitrogens with zero attached hydrogens (tertiary/aromatic N) is 2. The van der Waals surface area contributed by atoms with Crippen molar-refractivity contribution >= 4 is 23.3 Å². The Bertz CT molecular complexity index is 530. The smallest absolute Gasteiger partial charge is 0.258 e. The number of amides is 1. The highest BCUT2D eigenvalue weighted by molar-refractivity contribution is 6.33. The van der Waals surface area contributed by atoms with Crippen molar-refractivity contribution in [2.45, 2.75) is 25.3 Å². The number of likely N-dealkylation sites (tertiary alicyclic amines) is 1. The van der Waals surface area contributed by atoms with Crippen LogP contribution in [0.5, 0.6) is 0 Å². The molecule has 1 aliphatic rings. The van der Waals surface area contributed by atoms with Gasteiger partial charge in [0.15, 0.2) is 5.84 Å². The summed E-state index contributed by atoms with van der Waals surface area (Å²) >= 11 is 5.91. The second-order valence-corrected chi connectivity index (χ2v) is 5.04. The monoisotopic (exact) mass is 299 g/mol. The van der Waals surface area contributed by atoms with Crippen LogP contribution in [0.3, 0.4) is 0 Å². The molecule has 0 bridgehead atoms. The van der Waals surface area contributed by atoms with Crippen molar-refractivity contribution in [3.63, 3.8) is 0 Å². The minimum Gasteiger partial charge on any atom is -0.409 e. The molecule has 1 atom stereocenters. The maximum atomic E-state index is 13.8. The molecule has 2 rings (SSSR count). The largest absolute Gasteiger partial charge is 0.409 e. The van der Waals surface area contributed by atoms with Gasteiger partial charge >= 0.3 is 0 Å². The van der Waals surface area contributed by atoms with Crippen LogP contribution in [0.1, 0.15) is 29.6 Å². The average Bonchev–Trinajstić information content (AvgIpc) is 2.46. The van der Waals surface area contributed by atoms with Crippen LogP contribution in [-0.4, -0.2) is 34.4 Å². The molecule has 0 aromatic heterocycles. The maximum Gasteiger partial charge on any atom is 0.258 e. The summed E-state index contributed by atoms with van der Waals surface area (Å²) in [5.74, 6) is -1.26. The van der Waals surface area contributed by atoms with E-state index >= 15 is 0 Å². The van der Waals surface area contributed by atoms with Crippen LogP contribution in [0.2, 0.25) is 5.02 Å². The van der Waals surface area contributed by atoms with E-state index in [-0.39, 0.29) is 16.4 Å². The number of halogens is 2. The normalized spacial score (nSPS) is 20.0. The van der Waals surface area contributed by atoms with Crippen LogP contribution in [0, 0.1) is 5.82 Å². The molecule has 3 N–H and O–H groups in total. The summed E-state index contributed by atoms with van der Waals surface area (Å²) in [6.45, 7) is 0.421. The third-order valence-corrected chi connectivity index (χ3v) is 3.71. The van der Waals surface area contributed by atoms with Crippen molar-refractivity contribution in [3.05, 3.63) is 34.6 Å². The third-order valence-electron chi connectivity index (χ3n) is 3.40. The molecule has 0 saturated carbocycles. The van der Waals surface area contributed by atoms with Crippen LogP contribution < -0.4 is 5.73 Å². The summed E-state index contributed by atoms with van der Waals surface area (Å²) in [4.78, 5) is 13.9. The average molecular weight is 300 g/mol. The molecule has 5 nitrogen and oxygen atoms in total. The molecule has 1 saturated heterocycles. The molecule has 1 amide bonds. The quantitative estimate of drug-likeness (QED) is 0.380. The molecule has 1 aromatic carbocycles. The van der Waals surface area contributed by atoms with Crippen LogP contribution in [0.15, 0.2) is 23.4 Å². The highest BCUT2D eigenvalue weighted by atomic mass is 35.5. The SMILES string of the molecule is NC(=NO)C1CCCCN1C(=O)c1c(F)cccc1Cl. The van der Waals surface area contributed by atoms with Gasteiger partial charge in [-0.1, -0.05) is 22.8 Å². The van der Waals surface area contributed by atoms with Crippen LogP contribution in [0.25, 0.3) is 0 Å².